The first-order chi connectivity index (χ1) is 16.0. The number of aromatic carboxylic acids is 1. The fourth-order valence-electron chi connectivity index (χ4n) is 3.71. The molecule has 6 nitrogen and oxygen atoms in total. The van der Waals surface area contributed by atoms with Crippen LogP contribution >= 0.6 is 0 Å². The Bertz CT molecular complexity index is 1450. The zero-order valence-electron chi connectivity index (χ0n) is 18.1. The molecule has 0 saturated carbocycles. The molecule has 2 N–H and O–H groups in total. The summed E-state index contributed by atoms with van der Waals surface area (Å²) >= 11 is 0. The molecule has 0 aliphatic carbocycles. The Hall–Kier alpha value is -4.14. The van der Waals surface area contributed by atoms with Crippen LogP contribution in [0.25, 0.3) is 22.3 Å². The molecular weight excluding hydrogens is 449 g/mol. The van der Waals surface area contributed by atoms with Gasteiger partial charge >= 0.3 is 12.1 Å². The van der Waals surface area contributed by atoms with Crippen molar-refractivity contribution in [2.24, 2.45) is 0 Å². The topological polar surface area (TPSA) is 92.4 Å². The number of carbonyl (C=O) groups is 1. The van der Waals surface area contributed by atoms with Crippen molar-refractivity contribution in [3.8, 4) is 11.3 Å². The molecule has 34 heavy (non-hydrogen) atoms. The minimum atomic E-state index is -4.78. The van der Waals surface area contributed by atoms with E-state index in [2.05, 4.69) is 10.3 Å². The van der Waals surface area contributed by atoms with E-state index in [4.69, 9.17) is 4.42 Å². The van der Waals surface area contributed by atoms with E-state index in [1.165, 1.54) is 6.07 Å². The SMILES string of the molecule is Cc1cc(C(C)Nc2ccc(C(F)(F)F)nc2C(=O)O)c2oc(-c3ccccc3)cc(=O)c2c1. The van der Waals surface area contributed by atoms with Crippen molar-refractivity contribution in [3.05, 3.63) is 93.4 Å². The molecule has 2 heterocycles. The number of benzene rings is 2. The monoisotopic (exact) mass is 468 g/mol. The molecule has 0 aliphatic rings. The van der Waals surface area contributed by atoms with Crippen LogP contribution in [-0.2, 0) is 6.18 Å². The third-order valence-electron chi connectivity index (χ3n) is 5.29. The van der Waals surface area contributed by atoms with Crippen LogP contribution in [0.1, 0.15) is 40.3 Å². The van der Waals surface area contributed by atoms with Gasteiger partial charge in [-0.2, -0.15) is 13.2 Å². The summed E-state index contributed by atoms with van der Waals surface area (Å²) in [5.41, 5.74) is -0.0972. The van der Waals surface area contributed by atoms with E-state index in [9.17, 15) is 27.9 Å². The predicted molar refractivity (Wildman–Crippen MR) is 121 cm³/mol. The highest BCUT2D eigenvalue weighted by Gasteiger charge is 2.34. The number of aryl methyl sites for hydroxylation is 1. The van der Waals surface area contributed by atoms with Crippen LogP contribution in [0, 0.1) is 6.92 Å². The summed E-state index contributed by atoms with van der Waals surface area (Å²) < 4.78 is 45.1. The van der Waals surface area contributed by atoms with Gasteiger partial charge in [-0.3, -0.25) is 4.79 Å². The standard InChI is InChI=1S/C25H19F3N2O4/c1-13-10-16(14(2)29-18-8-9-21(25(26,27)28)30-22(18)24(32)33)23-17(11-13)19(31)12-20(34-23)15-6-4-3-5-7-15/h3-12,14,29H,1-2H3,(H,32,33). The Morgan fingerprint density at radius 1 is 1.09 bits per heavy atom. The summed E-state index contributed by atoms with van der Waals surface area (Å²) in [6.45, 7) is 3.48. The zero-order valence-corrected chi connectivity index (χ0v) is 18.1. The fourth-order valence-corrected chi connectivity index (χ4v) is 3.71. The van der Waals surface area contributed by atoms with Crippen LogP contribution in [0.15, 0.2) is 69.9 Å². The number of anilines is 1. The van der Waals surface area contributed by atoms with Crippen molar-refractivity contribution in [1.82, 2.24) is 4.98 Å². The minimum absolute atomic E-state index is 0.0933. The average molecular weight is 468 g/mol. The summed E-state index contributed by atoms with van der Waals surface area (Å²) in [5.74, 6) is -1.24. The van der Waals surface area contributed by atoms with Crippen LogP contribution in [0.3, 0.4) is 0 Å². The lowest BCUT2D eigenvalue weighted by Crippen LogP contribution is -2.16. The normalized spacial score (nSPS) is 12.5. The molecule has 0 aliphatic heterocycles. The smallest absolute Gasteiger partial charge is 0.433 e. The van der Waals surface area contributed by atoms with Gasteiger partial charge in [-0.15, -0.1) is 0 Å². The second kappa shape index (κ2) is 8.66. The lowest BCUT2D eigenvalue weighted by Gasteiger charge is -2.19. The lowest BCUT2D eigenvalue weighted by atomic mass is 10.0. The Balaban J connectivity index is 1.82. The summed E-state index contributed by atoms with van der Waals surface area (Å²) in [5, 5.41) is 12.7. The quantitative estimate of drug-likeness (QED) is 0.370. The second-order valence-corrected chi connectivity index (χ2v) is 7.83. The number of nitrogens with one attached hydrogen (secondary N) is 1. The molecule has 174 valence electrons. The molecule has 1 atom stereocenters. The molecule has 0 saturated heterocycles. The molecule has 4 aromatic rings. The predicted octanol–water partition coefficient (Wildman–Crippen LogP) is 6.05. The number of alkyl halides is 3. The molecule has 0 spiro atoms. The molecule has 2 aromatic carbocycles. The Morgan fingerprint density at radius 3 is 2.44 bits per heavy atom. The Labute approximate surface area is 191 Å². The molecule has 1 unspecified atom stereocenters. The van der Waals surface area contributed by atoms with Gasteiger partial charge in [-0.1, -0.05) is 36.4 Å². The van der Waals surface area contributed by atoms with Crippen LogP contribution in [0.5, 0.6) is 0 Å². The van der Waals surface area contributed by atoms with E-state index >= 15 is 0 Å². The maximum absolute atomic E-state index is 13.0. The van der Waals surface area contributed by atoms with E-state index < -0.39 is 29.6 Å². The number of fused-ring (bicyclic) bond motifs is 1. The molecule has 0 bridgehead atoms. The fraction of sp³-hybridized carbons (Fsp3) is 0.160. The molecular formula is C25H19F3N2O4. The largest absolute Gasteiger partial charge is 0.476 e. The number of hydrogen-bond acceptors (Lipinski definition) is 5. The van der Waals surface area contributed by atoms with Gasteiger partial charge in [-0.05, 0) is 37.6 Å². The van der Waals surface area contributed by atoms with E-state index in [0.717, 1.165) is 11.6 Å². The van der Waals surface area contributed by atoms with Crippen molar-refractivity contribution in [3.63, 3.8) is 0 Å². The summed E-state index contributed by atoms with van der Waals surface area (Å²) in [6.07, 6.45) is -4.78. The number of nitrogens with zero attached hydrogens (tertiary/aromatic N) is 1. The van der Waals surface area contributed by atoms with E-state index in [-0.39, 0.29) is 11.1 Å². The summed E-state index contributed by atoms with van der Waals surface area (Å²) in [6, 6.07) is 15.0. The third kappa shape index (κ3) is 4.50. The molecule has 2 aromatic heterocycles. The Morgan fingerprint density at radius 2 is 1.79 bits per heavy atom. The molecule has 4 rings (SSSR count). The maximum Gasteiger partial charge on any atom is 0.433 e. The van der Waals surface area contributed by atoms with Gasteiger partial charge in [0.25, 0.3) is 0 Å². The van der Waals surface area contributed by atoms with Crippen LogP contribution in [0.2, 0.25) is 0 Å². The van der Waals surface area contributed by atoms with E-state index in [1.807, 2.05) is 18.2 Å². The van der Waals surface area contributed by atoms with Gasteiger partial charge < -0.3 is 14.8 Å². The Kier molecular flexibility index (Phi) is 5.87. The first kappa shape index (κ1) is 23.0. The van der Waals surface area contributed by atoms with Gasteiger partial charge in [0.15, 0.2) is 11.1 Å². The number of halogens is 3. The van der Waals surface area contributed by atoms with Crippen LogP contribution in [-0.4, -0.2) is 16.1 Å². The molecule has 0 radical (unpaired) electrons. The van der Waals surface area contributed by atoms with Crippen LogP contribution in [0.4, 0.5) is 18.9 Å². The van der Waals surface area contributed by atoms with Crippen LogP contribution < -0.4 is 10.7 Å². The highest BCUT2D eigenvalue weighted by molar-refractivity contribution is 5.92. The second-order valence-electron chi connectivity index (χ2n) is 7.83. The minimum Gasteiger partial charge on any atom is -0.476 e. The molecule has 0 amide bonds. The van der Waals surface area contributed by atoms with Gasteiger partial charge in [0.05, 0.1) is 17.1 Å². The molecule has 0 fully saturated rings. The summed E-state index contributed by atoms with van der Waals surface area (Å²) in [4.78, 5) is 27.7. The number of aromatic nitrogens is 1. The number of hydrogen-bond donors (Lipinski definition) is 2. The van der Waals surface area contributed by atoms with Gasteiger partial charge in [0.2, 0.25) is 0 Å². The maximum atomic E-state index is 13.0. The third-order valence-corrected chi connectivity index (χ3v) is 5.29. The number of rotatable bonds is 5. The van der Waals surface area contributed by atoms with Gasteiger partial charge in [0.1, 0.15) is 17.0 Å². The van der Waals surface area contributed by atoms with Crippen molar-refractivity contribution < 1.29 is 27.5 Å². The molecule has 9 heteroatoms. The van der Waals surface area contributed by atoms with Crippen molar-refractivity contribution in [2.45, 2.75) is 26.1 Å². The summed E-state index contributed by atoms with van der Waals surface area (Å²) in [7, 11) is 0. The van der Waals surface area contributed by atoms with E-state index in [0.29, 0.717) is 33.9 Å². The number of carboxylic acids is 1. The van der Waals surface area contributed by atoms with E-state index in [1.54, 1.807) is 38.1 Å². The average Bonchev–Trinajstić information content (AvgIpc) is 2.79. The lowest BCUT2D eigenvalue weighted by molar-refractivity contribution is -0.141. The first-order valence-corrected chi connectivity index (χ1v) is 10.3. The number of carboxylic acid groups (broad SMARTS) is 1. The van der Waals surface area contributed by atoms with Gasteiger partial charge in [0, 0.05) is 17.2 Å². The zero-order chi connectivity index (χ0) is 24.6. The van der Waals surface area contributed by atoms with Gasteiger partial charge in [-0.25, -0.2) is 9.78 Å². The number of pyridine rings is 1. The van der Waals surface area contributed by atoms with Crippen molar-refractivity contribution in [2.75, 3.05) is 5.32 Å². The highest BCUT2D eigenvalue weighted by atomic mass is 19.4. The van der Waals surface area contributed by atoms with Crippen molar-refractivity contribution in [1.29, 1.82) is 0 Å². The first-order valence-electron chi connectivity index (χ1n) is 10.3. The van der Waals surface area contributed by atoms with Crippen molar-refractivity contribution >= 4 is 22.6 Å². The highest BCUT2D eigenvalue weighted by Crippen LogP contribution is 2.33.